The van der Waals surface area contributed by atoms with Crippen LogP contribution in [0, 0.1) is 0 Å². The maximum absolute atomic E-state index is 11.1. The minimum absolute atomic E-state index is 0.638. The lowest BCUT2D eigenvalue weighted by atomic mass is 10.3. The van der Waals surface area contributed by atoms with Gasteiger partial charge in [-0.2, -0.15) is 0 Å². The Kier molecular flexibility index (Phi) is 6.22. The van der Waals surface area contributed by atoms with E-state index in [-0.39, 0.29) is 0 Å². The van der Waals surface area contributed by atoms with Crippen molar-refractivity contribution in [1.29, 1.82) is 0 Å². The van der Waals surface area contributed by atoms with Crippen LogP contribution in [0.25, 0.3) is 0 Å². The highest BCUT2D eigenvalue weighted by atomic mass is 35.5. The van der Waals surface area contributed by atoms with Gasteiger partial charge in [-0.1, -0.05) is 40.9 Å². The third-order valence-electron chi connectivity index (χ3n) is 1.40. The second-order valence-corrected chi connectivity index (χ2v) is 4.88. The van der Waals surface area contributed by atoms with Crippen molar-refractivity contribution in [3.63, 3.8) is 0 Å². The van der Waals surface area contributed by atoms with Crippen LogP contribution in [0.5, 0.6) is 0 Å². The van der Waals surface area contributed by atoms with Crippen LogP contribution in [-0.4, -0.2) is 21.2 Å². The van der Waals surface area contributed by atoms with Crippen LogP contribution in [-0.2, 0) is 9.53 Å². The van der Waals surface area contributed by atoms with E-state index in [4.69, 9.17) is 51.1 Å². The molecule has 0 heterocycles. The fraction of sp³-hybridized carbons (Fsp3) is 0.625. The molecular formula is C8H10Cl4O2. The van der Waals surface area contributed by atoms with Crippen LogP contribution in [0.1, 0.15) is 13.8 Å². The van der Waals surface area contributed by atoms with Crippen molar-refractivity contribution in [1.82, 2.24) is 0 Å². The Labute approximate surface area is 103 Å². The molecule has 0 saturated heterocycles. The number of esters is 1. The van der Waals surface area contributed by atoms with Crippen molar-refractivity contribution in [2.24, 2.45) is 0 Å². The van der Waals surface area contributed by atoms with Crippen LogP contribution in [0.4, 0.5) is 0 Å². The normalized spacial score (nSPS) is 18.2. The molecule has 0 N–H and O–H groups in total. The van der Waals surface area contributed by atoms with Crippen LogP contribution in [0.2, 0.25) is 0 Å². The van der Waals surface area contributed by atoms with Crippen molar-refractivity contribution < 1.29 is 9.53 Å². The van der Waals surface area contributed by atoms with Crippen molar-refractivity contribution in [2.45, 2.75) is 29.1 Å². The van der Waals surface area contributed by atoms with Gasteiger partial charge in [0.25, 0.3) is 0 Å². The molecule has 0 rings (SSSR count). The van der Waals surface area contributed by atoms with Gasteiger partial charge in [-0.05, 0) is 13.8 Å². The molecule has 2 atom stereocenters. The number of hydrogen-bond acceptors (Lipinski definition) is 2. The van der Waals surface area contributed by atoms with E-state index in [9.17, 15) is 4.79 Å². The number of carbonyl (C=O) groups is 1. The Hall–Kier alpha value is 0.370. The highest BCUT2D eigenvalue weighted by molar-refractivity contribution is 6.50. The fourth-order valence-corrected chi connectivity index (χ4v) is 1.47. The predicted molar refractivity (Wildman–Crippen MR) is 60.3 cm³/mol. The number of rotatable bonds is 4. The van der Waals surface area contributed by atoms with Gasteiger partial charge in [-0.3, -0.25) is 0 Å². The van der Waals surface area contributed by atoms with Crippen molar-refractivity contribution in [2.75, 3.05) is 0 Å². The first-order chi connectivity index (χ1) is 6.34. The van der Waals surface area contributed by atoms with Crippen LogP contribution < -0.4 is 0 Å². The Morgan fingerprint density at radius 3 is 2.21 bits per heavy atom. The number of hydrogen-bond donors (Lipinski definition) is 0. The number of ether oxygens (including phenoxy) is 1. The molecule has 14 heavy (non-hydrogen) atoms. The summed E-state index contributed by atoms with van der Waals surface area (Å²) in [6.45, 7) is 3.20. The second-order valence-electron chi connectivity index (χ2n) is 2.54. The van der Waals surface area contributed by atoms with Gasteiger partial charge in [0.05, 0.1) is 5.38 Å². The molecule has 6 heteroatoms. The molecule has 0 radical (unpaired) electrons. The van der Waals surface area contributed by atoms with Crippen LogP contribution in [0.15, 0.2) is 12.2 Å². The standard InChI is InChI=1S/C8H10Cl4O2/c1-3-4-6(13)14-8(12,5(2)9)7(10)11/h3-5,7H,1-2H3/b4-3+. The monoisotopic (exact) mass is 278 g/mol. The largest absolute Gasteiger partial charge is 0.435 e. The highest BCUT2D eigenvalue weighted by Gasteiger charge is 2.43. The lowest BCUT2D eigenvalue weighted by Crippen LogP contribution is -2.42. The van der Waals surface area contributed by atoms with Crippen LogP contribution in [0.3, 0.4) is 0 Å². The topological polar surface area (TPSA) is 26.3 Å². The molecule has 82 valence electrons. The molecule has 0 aromatic rings. The summed E-state index contributed by atoms with van der Waals surface area (Å²) in [5.74, 6) is -0.638. The molecule has 0 aliphatic carbocycles. The van der Waals surface area contributed by atoms with Gasteiger partial charge in [-0.25, -0.2) is 4.79 Å². The molecule has 0 aromatic carbocycles. The maximum Gasteiger partial charge on any atom is 0.332 e. The second kappa shape index (κ2) is 6.06. The third-order valence-corrected chi connectivity index (χ3v) is 3.33. The summed E-state index contributed by atoms with van der Waals surface area (Å²) in [4.78, 5) is 9.99. The van der Waals surface area contributed by atoms with Crippen molar-refractivity contribution in [3.8, 4) is 0 Å². The number of alkyl halides is 4. The zero-order valence-electron chi connectivity index (χ0n) is 7.64. The molecular weight excluding hydrogens is 270 g/mol. The number of carbonyl (C=O) groups excluding carboxylic acids is 1. The van der Waals surface area contributed by atoms with Gasteiger partial charge in [0.2, 0.25) is 5.06 Å². The highest BCUT2D eigenvalue weighted by Crippen LogP contribution is 2.35. The van der Waals surface area contributed by atoms with E-state index < -0.39 is 21.2 Å². The van der Waals surface area contributed by atoms with Crippen molar-refractivity contribution >= 4 is 52.4 Å². The number of halogens is 4. The van der Waals surface area contributed by atoms with Crippen molar-refractivity contribution in [3.05, 3.63) is 12.2 Å². The van der Waals surface area contributed by atoms with E-state index in [1.54, 1.807) is 6.92 Å². The molecule has 0 bridgehead atoms. The summed E-state index contributed by atoms with van der Waals surface area (Å²) in [5.41, 5.74) is 0. The van der Waals surface area contributed by atoms with Gasteiger partial charge in [-0.15, -0.1) is 11.6 Å². The van der Waals surface area contributed by atoms with Gasteiger partial charge in [0, 0.05) is 6.08 Å². The first-order valence-electron chi connectivity index (χ1n) is 3.81. The minimum Gasteiger partial charge on any atom is -0.435 e. The summed E-state index contributed by atoms with van der Waals surface area (Å²) < 4.78 is 4.85. The first kappa shape index (κ1) is 14.4. The zero-order valence-corrected chi connectivity index (χ0v) is 10.7. The third kappa shape index (κ3) is 3.85. The SMILES string of the molecule is C/C=C/C(=O)OC(Cl)(C(C)Cl)C(Cl)Cl. The van der Waals surface area contributed by atoms with E-state index in [2.05, 4.69) is 0 Å². The molecule has 0 fully saturated rings. The van der Waals surface area contributed by atoms with Crippen LogP contribution >= 0.6 is 46.4 Å². The summed E-state index contributed by atoms with van der Waals surface area (Å²) in [5, 5.41) is -2.32. The quantitative estimate of drug-likeness (QED) is 0.447. The first-order valence-corrected chi connectivity index (χ1v) is 5.50. The molecule has 0 spiro atoms. The molecule has 0 saturated carbocycles. The summed E-state index contributed by atoms with van der Waals surface area (Å²) in [7, 11) is 0. The molecule has 2 nitrogen and oxygen atoms in total. The van der Waals surface area contributed by atoms with E-state index >= 15 is 0 Å². The Morgan fingerprint density at radius 1 is 1.43 bits per heavy atom. The smallest absolute Gasteiger partial charge is 0.332 e. The van der Waals surface area contributed by atoms with Gasteiger partial charge < -0.3 is 4.74 Å². The van der Waals surface area contributed by atoms with E-state index in [0.717, 1.165) is 0 Å². The van der Waals surface area contributed by atoms with E-state index in [0.29, 0.717) is 0 Å². The molecule has 2 unspecified atom stereocenters. The Morgan fingerprint density at radius 2 is 1.93 bits per heavy atom. The molecule has 0 aliphatic heterocycles. The lowest BCUT2D eigenvalue weighted by molar-refractivity contribution is -0.145. The molecule has 0 aromatic heterocycles. The zero-order chi connectivity index (χ0) is 11.4. The summed E-state index contributed by atoms with van der Waals surface area (Å²) in [6.07, 6.45) is 2.71. The van der Waals surface area contributed by atoms with Gasteiger partial charge in [0.15, 0.2) is 4.84 Å². The average Bonchev–Trinajstić information content (AvgIpc) is 2.03. The van der Waals surface area contributed by atoms with E-state index in [1.807, 2.05) is 0 Å². The fourth-order valence-electron chi connectivity index (χ4n) is 0.624. The summed E-state index contributed by atoms with van der Waals surface area (Å²) >= 11 is 22.7. The average molecular weight is 280 g/mol. The Bertz CT molecular complexity index is 217. The lowest BCUT2D eigenvalue weighted by Gasteiger charge is -2.29. The minimum atomic E-state index is -1.61. The maximum atomic E-state index is 11.1. The summed E-state index contributed by atoms with van der Waals surface area (Å²) in [6, 6.07) is 0. The van der Waals surface area contributed by atoms with Gasteiger partial charge in [0.1, 0.15) is 0 Å². The predicted octanol–water partition coefficient (Wildman–Crippen LogP) is 3.47. The molecule has 0 aliphatic rings. The van der Waals surface area contributed by atoms with E-state index in [1.165, 1.54) is 19.1 Å². The Balaban J connectivity index is 4.61. The number of allylic oxidation sites excluding steroid dienone is 1. The van der Waals surface area contributed by atoms with Gasteiger partial charge >= 0.3 is 5.97 Å². The molecule has 0 amide bonds.